The minimum atomic E-state index is -3.66. The van der Waals surface area contributed by atoms with Gasteiger partial charge in [0.05, 0.1) is 0 Å². The third kappa shape index (κ3) is 6.25. The van der Waals surface area contributed by atoms with E-state index in [0.717, 1.165) is 25.7 Å². The maximum atomic E-state index is 13.0. The van der Waals surface area contributed by atoms with Gasteiger partial charge in [-0.3, -0.25) is 9.59 Å². The molecule has 0 fully saturated rings. The molecule has 0 N–H and O–H groups in total. The highest BCUT2D eigenvalue weighted by atomic mass is 19.3. The average molecular weight is 571 g/mol. The van der Waals surface area contributed by atoms with Crippen LogP contribution in [0.1, 0.15) is 55.8 Å². The van der Waals surface area contributed by atoms with E-state index in [1.54, 1.807) is 12.1 Å². The molecule has 0 saturated heterocycles. The summed E-state index contributed by atoms with van der Waals surface area (Å²) >= 11 is 0. The lowest BCUT2D eigenvalue weighted by Crippen LogP contribution is -2.25. The van der Waals surface area contributed by atoms with E-state index < -0.39 is 6.29 Å². The third-order valence-electron chi connectivity index (χ3n) is 8.11. The van der Waals surface area contributed by atoms with Gasteiger partial charge in [0.15, 0.2) is 23.1 Å². The number of carbonyl (C=O) groups excluding carboxylic acids is 2. The molecule has 0 saturated carbocycles. The van der Waals surface area contributed by atoms with Gasteiger partial charge in [0.2, 0.25) is 0 Å². The molecule has 0 radical (unpaired) electrons. The third-order valence-corrected chi connectivity index (χ3v) is 8.11. The van der Waals surface area contributed by atoms with Crippen LogP contribution in [-0.2, 0) is 25.7 Å². The summed E-state index contributed by atoms with van der Waals surface area (Å²) in [5.41, 5.74) is 6.28. The average Bonchev–Trinajstić information content (AvgIpc) is 3.65. The Morgan fingerprint density at radius 3 is 1.55 bits per heavy atom. The van der Waals surface area contributed by atoms with Gasteiger partial charge in [0.1, 0.15) is 5.82 Å². The summed E-state index contributed by atoms with van der Waals surface area (Å²) in [6, 6.07) is 26.6. The Morgan fingerprint density at radius 1 is 0.619 bits per heavy atom. The van der Waals surface area contributed by atoms with Crippen molar-refractivity contribution in [2.24, 2.45) is 11.8 Å². The number of ketones is 2. The fourth-order valence-corrected chi connectivity index (χ4v) is 6.11. The van der Waals surface area contributed by atoms with E-state index in [2.05, 4.69) is 33.7 Å². The molecule has 4 aromatic rings. The number of rotatable bonds is 6. The van der Waals surface area contributed by atoms with Crippen LogP contribution in [0.5, 0.6) is 11.5 Å². The van der Waals surface area contributed by atoms with Crippen molar-refractivity contribution in [2.75, 3.05) is 0 Å². The molecule has 7 heteroatoms. The van der Waals surface area contributed by atoms with Gasteiger partial charge in [-0.1, -0.05) is 48.5 Å². The zero-order valence-corrected chi connectivity index (χ0v) is 22.8. The van der Waals surface area contributed by atoms with Crippen LogP contribution in [-0.4, -0.2) is 17.9 Å². The SMILES string of the molecule is O=C(CC1Cc2ccccc2C1)c1ccc(F)cc1.O=C(CC1Cc2ccccc2C1)c1ccc2c(c1)OC(F)(F)O2. The molecule has 4 nitrogen and oxygen atoms in total. The van der Waals surface area contributed by atoms with Gasteiger partial charge < -0.3 is 9.47 Å². The fourth-order valence-electron chi connectivity index (χ4n) is 6.11. The van der Waals surface area contributed by atoms with Gasteiger partial charge in [0.25, 0.3) is 0 Å². The van der Waals surface area contributed by atoms with Gasteiger partial charge in [-0.05, 0) is 102 Å². The van der Waals surface area contributed by atoms with Crippen molar-refractivity contribution in [1.82, 2.24) is 0 Å². The van der Waals surface area contributed by atoms with Crippen molar-refractivity contribution < 1.29 is 32.2 Å². The van der Waals surface area contributed by atoms with E-state index >= 15 is 0 Å². The minimum Gasteiger partial charge on any atom is -0.395 e. The van der Waals surface area contributed by atoms with Crippen LogP contribution in [0, 0.1) is 17.7 Å². The predicted molar refractivity (Wildman–Crippen MR) is 152 cm³/mol. The molecular weight excluding hydrogens is 541 g/mol. The molecule has 0 unspecified atom stereocenters. The minimum absolute atomic E-state index is 0.0418. The first-order valence-corrected chi connectivity index (χ1v) is 14.1. The molecule has 0 atom stereocenters. The smallest absolute Gasteiger partial charge is 0.395 e. The summed E-state index contributed by atoms with van der Waals surface area (Å²) in [6.45, 7) is 0. The quantitative estimate of drug-likeness (QED) is 0.222. The molecule has 1 heterocycles. The van der Waals surface area contributed by atoms with Crippen molar-refractivity contribution in [3.8, 4) is 11.5 Å². The lowest BCUT2D eigenvalue weighted by molar-refractivity contribution is -0.286. The second-order valence-electron chi connectivity index (χ2n) is 11.2. The number of fused-ring (bicyclic) bond motifs is 3. The van der Waals surface area contributed by atoms with E-state index in [-0.39, 0.29) is 34.8 Å². The Hall–Kier alpha value is -4.39. The summed E-state index contributed by atoms with van der Waals surface area (Å²) in [6.07, 6.45) is 0.990. The van der Waals surface area contributed by atoms with E-state index in [1.165, 1.54) is 52.6 Å². The number of hydrogen-bond acceptors (Lipinski definition) is 4. The Balaban J connectivity index is 0.000000153. The Labute approximate surface area is 242 Å². The van der Waals surface area contributed by atoms with Crippen LogP contribution in [0.15, 0.2) is 91.0 Å². The number of ether oxygens (including phenoxy) is 2. The molecular formula is C35H29F3O4. The molecule has 4 aromatic carbocycles. The predicted octanol–water partition coefficient (Wildman–Crippen LogP) is 7.81. The zero-order chi connectivity index (χ0) is 29.3. The van der Waals surface area contributed by atoms with Crippen molar-refractivity contribution in [3.63, 3.8) is 0 Å². The van der Waals surface area contributed by atoms with Gasteiger partial charge in [-0.15, -0.1) is 8.78 Å². The van der Waals surface area contributed by atoms with Crippen LogP contribution in [0.2, 0.25) is 0 Å². The normalized spacial score (nSPS) is 16.4. The standard InChI is InChI=1S/C18H14F2O3.C17H15FO/c19-18(20)22-16-6-5-14(10-17(16)23-18)15(21)9-11-7-12-3-1-2-4-13(12)8-11;18-16-7-5-13(6-8-16)17(19)11-12-9-14-3-1-2-4-15(14)10-12/h1-6,10-11H,7-9H2;1-8,12H,9-11H2. The number of alkyl halides is 2. The van der Waals surface area contributed by atoms with Crippen LogP contribution >= 0.6 is 0 Å². The summed E-state index contributed by atoms with van der Waals surface area (Å²) in [7, 11) is 0. The summed E-state index contributed by atoms with van der Waals surface area (Å²) in [4.78, 5) is 24.6. The Bertz CT molecular complexity index is 1580. The molecule has 42 heavy (non-hydrogen) atoms. The molecule has 0 bridgehead atoms. The van der Waals surface area contributed by atoms with Gasteiger partial charge in [-0.2, -0.15) is 0 Å². The highest BCUT2D eigenvalue weighted by molar-refractivity contribution is 5.97. The van der Waals surface area contributed by atoms with E-state index in [0.29, 0.717) is 29.9 Å². The topological polar surface area (TPSA) is 52.6 Å². The van der Waals surface area contributed by atoms with E-state index in [1.807, 2.05) is 24.3 Å². The molecule has 7 rings (SSSR count). The largest absolute Gasteiger partial charge is 0.586 e. The second kappa shape index (κ2) is 11.5. The van der Waals surface area contributed by atoms with E-state index in [9.17, 15) is 22.8 Å². The first-order valence-electron chi connectivity index (χ1n) is 14.1. The number of halogens is 3. The van der Waals surface area contributed by atoms with Crippen LogP contribution < -0.4 is 9.47 Å². The Morgan fingerprint density at radius 2 is 1.05 bits per heavy atom. The molecule has 1 aliphatic heterocycles. The monoisotopic (exact) mass is 570 g/mol. The van der Waals surface area contributed by atoms with E-state index in [4.69, 9.17) is 0 Å². The zero-order valence-electron chi connectivity index (χ0n) is 22.8. The Kier molecular flexibility index (Phi) is 7.58. The van der Waals surface area contributed by atoms with Crippen LogP contribution in [0.3, 0.4) is 0 Å². The lowest BCUT2D eigenvalue weighted by Gasteiger charge is -2.08. The van der Waals surface area contributed by atoms with Gasteiger partial charge in [-0.25, -0.2) is 4.39 Å². The maximum Gasteiger partial charge on any atom is 0.586 e. The van der Waals surface area contributed by atoms with Gasteiger partial charge >= 0.3 is 6.29 Å². The first kappa shape index (κ1) is 27.8. The second-order valence-corrected chi connectivity index (χ2v) is 11.2. The molecule has 3 aliphatic rings. The number of hydrogen-bond donors (Lipinski definition) is 0. The summed E-state index contributed by atoms with van der Waals surface area (Å²) < 4.78 is 47.6. The maximum absolute atomic E-state index is 13.0. The number of Topliss-reactive ketones (excluding diaryl/α,β-unsaturated/α-hetero) is 2. The number of carbonyl (C=O) groups is 2. The van der Waals surface area contributed by atoms with Crippen molar-refractivity contribution in [1.29, 1.82) is 0 Å². The molecule has 2 aliphatic carbocycles. The molecule has 214 valence electrons. The van der Waals surface area contributed by atoms with Crippen LogP contribution in [0.4, 0.5) is 13.2 Å². The molecule has 0 aromatic heterocycles. The lowest BCUT2D eigenvalue weighted by atomic mass is 9.95. The number of benzene rings is 4. The summed E-state index contributed by atoms with van der Waals surface area (Å²) in [5, 5.41) is 0. The molecule has 0 amide bonds. The summed E-state index contributed by atoms with van der Waals surface area (Å²) in [5.74, 6) is 0.254. The van der Waals surface area contributed by atoms with Crippen LogP contribution in [0.25, 0.3) is 0 Å². The van der Waals surface area contributed by atoms with Gasteiger partial charge in [0, 0.05) is 24.0 Å². The fraction of sp³-hybridized carbons (Fsp3) is 0.257. The molecule has 0 spiro atoms. The van der Waals surface area contributed by atoms with Crippen molar-refractivity contribution in [2.45, 2.75) is 44.8 Å². The van der Waals surface area contributed by atoms with Crippen molar-refractivity contribution in [3.05, 3.63) is 130 Å². The highest BCUT2D eigenvalue weighted by Crippen LogP contribution is 2.41. The first-order chi connectivity index (χ1) is 20.2. The van der Waals surface area contributed by atoms with Crippen molar-refractivity contribution >= 4 is 11.6 Å². The highest BCUT2D eigenvalue weighted by Gasteiger charge is 2.43.